The number of hydrogen-bond donors (Lipinski definition) is 1. The Labute approximate surface area is 208 Å². The van der Waals surface area contributed by atoms with Crippen LogP contribution in [0.4, 0.5) is 5.69 Å². The Kier molecular flexibility index (Phi) is 6.09. The van der Waals surface area contributed by atoms with Crippen molar-refractivity contribution in [2.45, 2.75) is 32.2 Å². The Morgan fingerprint density at radius 1 is 1.17 bits per heavy atom. The van der Waals surface area contributed by atoms with E-state index in [-0.39, 0.29) is 22.8 Å². The number of rotatable bonds is 8. The van der Waals surface area contributed by atoms with Gasteiger partial charge < -0.3 is 9.30 Å². The third kappa shape index (κ3) is 4.67. The van der Waals surface area contributed by atoms with Gasteiger partial charge >= 0.3 is 0 Å². The molecule has 1 fully saturated rings. The number of nitrogens with one attached hydrogen (secondary N) is 1. The van der Waals surface area contributed by atoms with E-state index in [9.17, 15) is 13.7 Å². The van der Waals surface area contributed by atoms with Crippen LogP contribution < -0.4 is 9.46 Å². The van der Waals surface area contributed by atoms with Crippen LogP contribution in [0.2, 0.25) is 5.15 Å². The third-order valence-electron chi connectivity index (χ3n) is 5.74. The van der Waals surface area contributed by atoms with Crippen molar-refractivity contribution in [1.29, 1.82) is 5.26 Å². The lowest BCUT2D eigenvalue weighted by atomic mass is 10.1. The summed E-state index contributed by atoms with van der Waals surface area (Å²) in [4.78, 5) is 8.12. The minimum atomic E-state index is -3.38. The molecule has 1 aliphatic rings. The summed E-state index contributed by atoms with van der Waals surface area (Å²) in [5.74, 6) is 0.809. The first-order chi connectivity index (χ1) is 16.9. The standard InChI is InChI=1S/C25H22ClN5O3S/c1-2-13-35(32,33)30-17-5-3-16(4-6-17)23-21(15-27)20-10-9-19(14-22(20)31(23)18-7-8-18)34-25-24(26)28-11-12-29-25/h3-6,9-12,14,18,30H,2,7-8,13H2,1H3. The minimum Gasteiger partial charge on any atom is -0.436 e. The fourth-order valence-corrected chi connectivity index (χ4v) is 5.42. The van der Waals surface area contributed by atoms with Gasteiger partial charge in [-0.1, -0.05) is 30.7 Å². The van der Waals surface area contributed by atoms with Gasteiger partial charge in [-0.05, 0) is 49.1 Å². The smallest absolute Gasteiger partial charge is 0.257 e. The zero-order chi connectivity index (χ0) is 24.6. The number of benzene rings is 2. The molecule has 2 heterocycles. The van der Waals surface area contributed by atoms with Gasteiger partial charge in [-0.2, -0.15) is 5.26 Å². The van der Waals surface area contributed by atoms with Gasteiger partial charge in [-0.15, -0.1) is 0 Å². The summed E-state index contributed by atoms with van der Waals surface area (Å²) in [5.41, 5.74) is 3.58. The van der Waals surface area contributed by atoms with E-state index in [1.165, 1.54) is 12.4 Å². The molecule has 8 nitrogen and oxygen atoms in total. The summed E-state index contributed by atoms with van der Waals surface area (Å²) in [6, 6.07) is 15.3. The summed E-state index contributed by atoms with van der Waals surface area (Å²) in [7, 11) is -3.38. The van der Waals surface area contributed by atoms with Gasteiger partial charge in [0, 0.05) is 35.6 Å². The summed E-state index contributed by atoms with van der Waals surface area (Å²) < 4.78 is 34.9. The largest absolute Gasteiger partial charge is 0.436 e. The SMILES string of the molecule is CCCS(=O)(=O)Nc1ccc(-c2c(C#N)c3ccc(Oc4nccnc4Cl)cc3n2C2CC2)cc1. The van der Waals surface area contributed by atoms with Crippen LogP contribution in [0.15, 0.2) is 54.9 Å². The van der Waals surface area contributed by atoms with Crippen LogP contribution in [0.25, 0.3) is 22.2 Å². The number of sulfonamides is 1. The number of nitriles is 1. The van der Waals surface area contributed by atoms with Crippen LogP contribution in [-0.2, 0) is 10.0 Å². The quantitative estimate of drug-likeness (QED) is 0.318. The topological polar surface area (TPSA) is 110 Å². The molecular weight excluding hydrogens is 486 g/mol. The molecule has 0 atom stereocenters. The second kappa shape index (κ2) is 9.21. The van der Waals surface area contributed by atoms with Crippen LogP contribution in [0, 0.1) is 11.3 Å². The first-order valence-electron chi connectivity index (χ1n) is 11.2. The van der Waals surface area contributed by atoms with Crippen molar-refractivity contribution in [3.63, 3.8) is 0 Å². The molecule has 0 bridgehead atoms. The number of halogens is 1. The molecule has 0 radical (unpaired) electrons. The van der Waals surface area contributed by atoms with Gasteiger partial charge in [0.25, 0.3) is 5.88 Å². The molecule has 1 saturated carbocycles. The van der Waals surface area contributed by atoms with Crippen LogP contribution in [0.5, 0.6) is 11.6 Å². The Bertz CT molecular complexity index is 1550. The van der Waals surface area contributed by atoms with Crippen LogP contribution in [0.1, 0.15) is 37.8 Å². The van der Waals surface area contributed by atoms with E-state index in [1.807, 2.05) is 31.2 Å². The highest BCUT2D eigenvalue weighted by atomic mass is 35.5. The molecule has 5 rings (SSSR count). The molecule has 4 aromatic rings. The molecule has 2 aromatic carbocycles. The lowest BCUT2D eigenvalue weighted by molar-refractivity contribution is 0.461. The number of anilines is 1. The molecule has 2 aromatic heterocycles. The lowest BCUT2D eigenvalue weighted by Gasteiger charge is -2.12. The zero-order valence-electron chi connectivity index (χ0n) is 18.9. The highest BCUT2D eigenvalue weighted by Gasteiger charge is 2.31. The Morgan fingerprint density at radius 2 is 1.91 bits per heavy atom. The summed E-state index contributed by atoms with van der Waals surface area (Å²) in [6.07, 6.45) is 5.55. The average Bonchev–Trinajstić information content (AvgIpc) is 3.62. The van der Waals surface area contributed by atoms with Crippen molar-refractivity contribution in [3.05, 3.63) is 65.6 Å². The molecule has 0 unspecified atom stereocenters. The van der Waals surface area contributed by atoms with E-state index >= 15 is 0 Å². The van der Waals surface area contributed by atoms with Gasteiger partial charge in [0.1, 0.15) is 11.8 Å². The number of fused-ring (bicyclic) bond motifs is 1. The monoisotopic (exact) mass is 507 g/mol. The fourth-order valence-electron chi connectivity index (χ4n) is 4.15. The predicted molar refractivity (Wildman–Crippen MR) is 135 cm³/mol. The first kappa shape index (κ1) is 23.1. The van der Waals surface area contributed by atoms with Crippen LogP contribution >= 0.6 is 11.6 Å². The van der Waals surface area contributed by atoms with E-state index in [2.05, 4.69) is 25.3 Å². The number of hydrogen-bond acceptors (Lipinski definition) is 6. The maximum atomic E-state index is 12.1. The van der Waals surface area contributed by atoms with E-state index in [4.69, 9.17) is 16.3 Å². The van der Waals surface area contributed by atoms with Crippen molar-refractivity contribution in [1.82, 2.24) is 14.5 Å². The van der Waals surface area contributed by atoms with Gasteiger partial charge in [-0.3, -0.25) is 4.72 Å². The van der Waals surface area contributed by atoms with E-state index in [0.29, 0.717) is 23.4 Å². The fraction of sp³-hybridized carbons (Fsp3) is 0.240. The van der Waals surface area contributed by atoms with E-state index in [0.717, 1.165) is 35.0 Å². The minimum absolute atomic E-state index is 0.0629. The Balaban J connectivity index is 1.57. The van der Waals surface area contributed by atoms with E-state index < -0.39 is 10.0 Å². The molecule has 0 aliphatic heterocycles. The molecule has 0 saturated heterocycles. The predicted octanol–water partition coefficient (Wildman–Crippen LogP) is 5.90. The second-order valence-corrected chi connectivity index (χ2v) is 10.6. The number of nitrogens with zero attached hydrogens (tertiary/aromatic N) is 4. The molecule has 35 heavy (non-hydrogen) atoms. The summed E-state index contributed by atoms with van der Waals surface area (Å²) in [6.45, 7) is 1.82. The van der Waals surface area contributed by atoms with Crippen molar-refractivity contribution in [2.24, 2.45) is 0 Å². The van der Waals surface area contributed by atoms with Gasteiger partial charge in [0.2, 0.25) is 10.0 Å². The van der Waals surface area contributed by atoms with E-state index in [1.54, 1.807) is 18.2 Å². The summed E-state index contributed by atoms with van der Waals surface area (Å²) >= 11 is 6.10. The maximum Gasteiger partial charge on any atom is 0.257 e. The van der Waals surface area contributed by atoms with Crippen molar-refractivity contribution >= 4 is 38.2 Å². The summed E-state index contributed by atoms with van der Waals surface area (Å²) in [5, 5.41) is 11.1. The highest BCUT2D eigenvalue weighted by Crippen LogP contribution is 2.45. The highest BCUT2D eigenvalue weighted by molar-refractivity contribution is 7.92. The molecule has 10 heteroatoms. The molecule has 1 N–H and O–H groups in total. The zero-order valence-corrected chi connectivity index (χ0v) is 20.5. The first-order valence-corrected chi connectivity index (χ1v) is 13.3. The Hall–Kier alpha value is -3.61. The van der Waals surface area contributed by atoms with Crippen molar-refractivity contribution < 1.29 is 13.2 Å². The number of aromatic nitrogens is 3. The third-order valence-corrected chi connectivity index (χ3v) is 7.49. The maximum absolute atomic E-state index is 12.1. The normalized spacial score (nSPS) is 13.5. The van der Waals surface area contributed by atoms with Crippen LogP contribution in [-0.4, -0.2) is 28.7 Å². The molecule has 0 spiro atoms. The molecule has 0 amide bonds. The van der Waals surface area contributed by atoms with Gasteiger partial charge in [0.05, 0.1) is 22.5 Å². The number of ether oxygens (including phenoxy) is 1. The second-order valence-electron chi connectivity index (χ2n) is 8.37. The van der Waals surface area contributed by atoms with Gasteiger partial charge in [-0.25, -0.2) is 18.4 Å². The lowest BCUT2D eigenvalue weighted by Crippen LogP contribution is -2.15. The van der Waals surface area contributed by atoms with Crippen molar-refractivity contribution in [3.8, 4) is 29.0 Å². The average molecular weight is 508 g/mol. The molecule has 178 valence electrons. The van der Waals surface area contributed by atoms with Crippen molar-refractivity contribution in [2.75, 3.05) is 10.5 Å². The van der Waals surface area contributed by atoms with Crippen LogP contribution in [0.3, 0.4) is 0 Å². The Morgan fingerprint density at radius 3 is 2.57 bits per heavy atom. The molecule has 1 aliphatic carbocycles. The van der Waals surface area contributed by atoms with Gasteiger partial charge in [0.15, 0.2) is 5.15 Å². The molecular formula is C25H22ClN5O3S.